The van der Waals surface area contributed by atoms with E-state index in [0.717, 1.165) is 0 Å². The molecule has 3 rings (SSSR count). The number of rotatable bonds is 3. The van der Waals surface area contributed by atoms with Crippen molar-refractivity contribution in [3.63, 3.8) is 0 Å². The van der Waals surface area contributed by atoms with Gasteiger partial charge in [-0.25, -0.2) is 4.79 Å². The topological polar surface area (TPSA) is 72.8 Å². The number of halogens is 2. The number of carbonyl (C=O) groups excluding carboxylic acids is 2. The number of ketones is 1. The first-order chi connectivity index (χ1) is 11.4. The van der Waals surface area contributed by atoms with E-state index in [1.165, 1.54) is 19.2 Å². The summed E-state index contributed by atoms with van der Waals surface area (Å²) in [5, 5.41) is 10.6. The Kier molecular flexibility index (Phi) is 4.22. The normalized spacial score (nSPS) is 11.9. The number of phenolic OH excluding ortho intramolecular Hbond substituents is 1. The van der Waals surface area contributed by atoms with Crippen LogP contribution < -0.4 is 0 Å². The molecule has 0 aliphatic heterocycles. The fourth-order valence-corrected chi connectivity index (χ4v) is 2.90. The van der Waals surface area contributed by atoms with Crippen LogP contribution in [0.4, 0.5) is 4.79 Å². The van der Waals surface area contributed by atoms with Gasteiger partial charge in [0.15, 0.2) is 5.78 Å². The molecule has 1 aliphatic rings. The number of phenols is 1. The van der Waals surface area contributed by atoms with Gasteiger partial charge in [-0.05, 0) is 35.9 Å². The molecule has 0 fully saturated rings. The summed E-state index contributed by atoms with van der Waals surface area (Å²) in [4.78, 5) is 23.8. The molecule has 122 valence electrons. The summed E-state index contributed by atoms with van der Waals surface area (Å²) in [6, 6.07) is 7.53. The lowest BCUT2D eigenvalue weighted by molar-refractivity contribution is 0.103. The van der Waals surface area contributed by atoms with E-state index in [4.69, 9.17) is 27.9 Å². The third-order valence-electron chi connectivity index (χ3n) is 3.51. The summed E-state index contributed by atoms with van der Waals surface area (Å²) >= 11 is 12.1. The van der Waals surface area contributed by atoms with Crippen molar-refractivity contribution in [1.82, 2.24) is 0 Å². The third kappa shape index (κ3) is 2.72. The first-order valence-corrected chi connectivity index (χ1v) is 7.51. The molecule has 2 aromatic carbocycles. The Morgan fingerprint density at radius 2 is 1.79 bits per heavy atom. The summed E-state index contributed by atoms with van der Waals surface area (Å²) < 4.78 is 9.30. The zero-order valence-electron chi connectivity index (χ0n) is 12.3. The van der Waals surface area contributed by atoms with Gasteiger partial charge in [0.2, 0.25) is 0 Å². The zero-order valence-corrected chi connectivity index (χ0v) is 13.8. The van der Waals surface area contributed by atoms with Gasteiger partial charge in [-0.3, -0.25) is 4.79 Å². The molecule has 1 N–H and O–H groups in total. The number of hydrogen-bond donors (Lipinski definition) is 1. The molecule has 24 heavy (non-hydrogen) atoms. The van der Waals surface area contributed by atoms with Crippen LogP contribution in [0, 0.1) is 0 Å². The van der Waals surface area contributed by atoms with E-state index in [1.807, 2.05) is 0 Å². The highest BCUT2D eigenvalue weighted by atomic mass is 35.5. The van der Waals surface area contributed by atoms with Crippen LogP contribution >= 0.6 is 23.2 Å². The standard InChI is InChI=1S/C17H10Cl2O5/c1-23-17(22)24-14-6-8-5-10(13(20)7-9(8)14)16(21)15-11(18)3-2-4-12(15)19/h2-7,20H,1H3. The van der Waals surface area contributed by atoms with Crippen molar-refractivity contribution in [2.24, 2.45) is 0 Å². The molecule has 0 saturated carbocycles. The van der Waals surface area contributed by atoms with E-state index in [0.29, 0.717) is 11.1 Å². The van der Waals surface area contributed by atoms with E-state index >= 15 is 0 Å². The number of carbonyl (C=O) groups is 2. The Bertz CT molecular complexity index is 882. The maximum absolute atomic E-state index is 12.6. The molecule has 0 spiro atoms. The number of fused-ring (bicyclic) bond motifs is 1. The van der Waals surface area contributed by atoms with Gasteiger partial charge in [0.25, 0.3) is 0 Å². The number of hydrogen-bond acceptors (Lipinski definition) is 5. The molecule has 0 amide bonds. The predicted molar refractivity (Wildman–Crippen MR) is 89.4 cm³/mol. The molecule has 1 aliphatic carbocycles. The quantitative estimate of drug-likeness (QED) is 0.639. The lowest BCUT2D eigenvalue weighted by Gasteiger charge is -2.20. The van der Waals surface area contributed by atoms with Crippen LogP contribution in [0.5, 0.6) is 5.75 Å². The Hall–Kier alpha value is -2.50. The van der Waals surface area contributed by atoms with Gasteiger partial charge in [0.05, 0.1) is 28.3 Å². The van der Waals surface area contributed by atoms with Crippen molar-refractivity contribution in [2.45, 2.75) is 0 Å². The minimum absolute atomic E-state index is 0.0529. The van der Waals surface area contributed by atoms with E-state index in [-0.39, 0.29) is 32.7 Å². The van der Waals surface area contributed by atoms with Crippen molar-refractivity contribution < 1.29 is 24.2 Å². The second-order valence-corrected chi connectivity index (χ2v) is 5.76. The second-order valence-electron chi connectivity index (χ2n) is 4.95. The minimum atomic E-state index is -0.866. The van der Waals surface area contributed by atoms with E-state index < -0.39 is 11.9 Å². The van der Waals surface area contributed by atoms with Gasteiger partial charge in [-0.1, -0.05) is 29.3 Å². The van der Waals surface area contributed by atoms with Gasteiger partial charge in [-0.15, -0.1) is 0 Å². The van der Waals surface area contributed by atoms with Crippen molar-refractivity contribution >= 4 is 47.0 Å². The molecular formula is C17H10Cl2O5. The lowest BCUT2D eigenvalue weighted by atomic mass is 9.90. The van der Waals surface area contributed by atoms with Crippen LogP contribution in [-0.2, 0) is 9.47 Å². The van der Waals surface area contributed by atoms with E-state index in [9.17, 15) is 14.7 Å². The molecule has 7 heteroatoms. The van der Waals surface area contributed by atoms with E-state index in [1.54, 1.807) is 24.3 Å². The highest BCUT2D eigenvalue weighted by Crippen LogP contribution is 2.39. The maximum Gasteiger partial charge on any atom is 0.513 e. The number of ether oxygens (including phenoxy) is 2. The molecular weight excluding hydrogens is 355 g/mol. The molecule has 5 nitrogen and oxygen atoms in total. The summed E-state index contributed by atoms with van der Waals surface area (Å²) in [6.45, 7) is 0. The van der Waals surface area contributed by atoms with Gasteiger partial charge in [0, 0.05) is 5.56 Å². The van der Waals surface area contributed by atoms with Gasteiger partial charge in [-0.2, -0.15) is 0 Å². The van der Waals surface area contributed by atoms with Crippen molar-refractivity contribution in [3.05, 3.63) is 62.6 Å². The molecule has 2 aromatic rings. The monoisotopic (exact) mass is 364 g/mol. The third-order valence-corrected chi connectivity index (χ3v) is 4.14. The van der Waals surface area contributed by atoms with Crippen molar-refractivity contribution in [1.29, 1.82) is 0 Å². The Balaban J connectivity index is 1.96. The first kappa shape index (κ1) is 16.4. The van der Waals surface area contributed by atoms with Gasteiger partial charge in [0.1, 0.15) is 11.5 Å². The Morgan fingerprint density at radius 1 is 1.12 bits per heavy atom. The van der Waals surface area contributed by atoms with Gasteiger partial charge < -0.3 is 14.6 Å². The predicted octanol–water partition coefficient (Wildman–Crippen LogP) is 4.52. The van der Waals surface area contributed by atoms with Crippen LogP contribution in [0.25, 0.3) is 11.8 Å². The number of methoxy groups -OCH3 is 1. The second kappa shape index (κ2) is 6.19. The Morgan fingerprint density at radius 3 is 2.42 bits per heavy atom. The zero-order chi connectivity index (χ0) is 17.4. The average molecular weight is 365 g/mol. The van der Waals surface area contributed by atoms with Crippen LogP contribution in [-0.4, -0.2) is 24.2 Å². The highest BCUT2D eigenvalue weighted by molar-refractivity contribution is 6.41. The van der Waals surface area contributed by atoms with E-state index in [2.05, 4.69) is 4.74 Å². The fourth-order valence-electron chi connectivity index (χ4n) is 2.33. The molecule has 0 atom stereocenters. The molecule has 0 unspecified atom stereocenters. The van der Waals surface area contributed by atoms with Gasteiger partial charge >= 0.3 is 6.16 Å². The summed E-state index contributed by atoms with van der Waals surface area (Å²) in [6.07, 6.45) is 0.686. The highest BCUT2D eigenvalue weighted by Gasteiger charge is 2.27. The van der Waals surface area contributed by atoms with Crippen LogP contribution in [0.1, 0.15) is 27.0 Å². The van der Waals surface area contributed by atoms with Crippen molar-refractivity contribution in [2.75, 3.05) is 7.11 Å². The summed E-state index contributed by atoms with van der Waals surface area (Å²) in [7, 11) is 1.19. The largest absolute Gasteiger partial charge is 0.513 e. The number of aromatic hydroxyl groups is 1. The maximum atomic E-state index is 12.6. The minimum Gasteiger partial charge on any atom is -0.507 e. The number of benzene rings is 2. The fraction of sp³-hybridized carbons (Fsp3) is 0.0588. The van der Waals surface area contributed by atoms with Crippen LogP contribution in [0.15, 0.2) is 30.3 Å². The first-order valence-electron chi connectivity index (χ1n) is 6.76. The molecule has 0 heterocycles. The summed E-state index contributed by atoms with van der Waals surface area (Å²) in [5.41, 5.74) is 1.31. The summed E-state index contributed by atoms with van der Waals surface area (Å²) in [5.74, 6) is -0.516. The Labute approximate surface area is 147 Å². The SMILES string of the molecule is COC(=O)OC1=Cc2cc(C(=O)c3c(Cl)cccc3Cl)c(O)cc21. The molecule has 0 saturated heterocycles. The van der Waals surface area contributed by atoms with Crippen LogP contribution in [0.3, 0.4) is 0 Å². The molecule has 0 radical (unpaired) electrons. The smallest absolute Gasteiger partial charge is 0.507 e. The molecule has 0 aromatic heterocycles. The van der Waals surface area contributed by atoms with Crippen molar-refractivity contribution in [3.8, 4) is 5.75 Å². The lowest BCUT2D eigenvalue weighted by Crippen LogP contribution is -2.11. The van der Waals surface area contributed by atoms with Crippen LogP contribution in [0.2, 0.25) is 10.0 Å². The average Bonchev–Trinajstić information content (AvgIpc) is 2.53. The molecule has 0 bridgehead atoms.